The summed E-state index contributed by atoms with van der Waals surface area (Å²) in [6, 6.07) is 33.9. The van der Waals surface area contributed by atoms with E-state index < -0.39 is 5.60 Å². The average molecular weight is 573 g/mol. The third kappa shape index (κ3) is 4.12. The lowest BCUT2D eigenvalue weighted by Gasteiger charge is -2.38. The lowest BCUT2D eigenvalue weighted by Crippen LogP contribution is -2.33. The maximum Gasteiger partial charge on any atom is 0.340 e. The average Bonchev–Trinajstić information content (AvgIpc) is 3.28. The maximum atomic E-state index is 13.4. The summed E-state index contributed by atoms with van der Waals surface area (Å²) in [6.07, 6.45) is 0. The van der Waals surface area contributed by atoms with Gasteiger partial charge in [-0.05, 0) is 87.0 Å². The van der Waals surface area contributed by atoms with E-state index in [4.69, 9.17) is 21.1 Å². The number of anilines is 4. The van der Waals surface area contributed by atoms with Crippen LogP contribution in [0.4, 0.5) is 22.7 Å². The molecule has 0 aromatic heterocycles. The second-order valence-corrected chi connectivity index (χ2v) is 11.2. The highest BCUT2D eigenvalue weighted by Gasteiger charge is 2.53. The Kier molecular flexibility index (Phi) is 6.21. The van der Waals surface area contributed by atoms with Gasteiger partial charge in [0.25, 0.3) is 0 Å². The van der Waals surface area contributed by atoms with Gasteiger partial charge in [0, 0.05) is 57.1 Å². The van der Waals surface area contributed by atoms with Gasteiger partial charge >= 0.3 is 5.97 Å². The van der Waals surface area contributed by atoms with E-state index >= 15 is 0 Å². The Bertz CT molecular complexity index is 1870. The van der Waals surface area contributed by atoms with Gasteiger partial charge < -0.3 is 19.7 Å². The zero-order valence-corrected chi connectivity index (χ0v) is 24.3. The second kappa shape index (κ2) is 9.97. The van der Waals surface area contributed by atoms with Crippen molar-refractivity contribution in [3.8, 4) is 11.5 Å². The fourth-order valence-electron chi connectivity index (χ4n) is 6.07. The fourth-order valence-corrected chi connectivity index (χ4v) is 6.26. The zero-order chi connectivity index (χ0) is 29.0. The van der Waals surface area contributed by atoms with Crippen molar-refractivity contribution < 1.29 is 14.3 Å². The van der Waals surface area contributed by atoms with Crippen LogP contribution in [0, 0.1) is 13.8 Å². The van der Waals surface area contributed by atoms with E-state index in [0.29, 0.717) is 22.1 Å². The molecule has 5 aromatic carbocycles. The predicted molar refractivity (Wildman–Crippen MR) is 168 cm³/mol. The molecule has 0 aliphatic carbocycles. The van der Waals surface area contributed by atoms with E-state index in [0.717, 1.165) is 51.5 Å². The number of halogens is 1. The van der Waals surface area contributed by atoms with Crippen molar-refractivity contribution in [3.05, 3.63) is 142 Å². The van der Waals surface area contributed by atoms with Gasteiger partial charge in [-0.25, -0.2) is 4.79 Å². The first-order valence-electron chi connectivity index (χ1n) is 14.0. The number of rotatable bonds is 5. The van der Waals surface area contributed by atoms with Gasteiger partial charge in [-0.2, -0.15) is 0 Å². The molecular weight excluding hydrogens is 544 g/mol. The topological polar surface area (TPSA) is 50.8 Å². The van der Waals surface area contributed by atoms with Gasteiger partial charge in [0.2, 0.25) is 0 Å². The van der Waals surface area contributed by atoms with Crippen LogP contribution >= 0.6 is 11.6 Å². The number of ether oxygens (including phenoxy) is 2. The quantitative estimate of drug-likeness (QED) is 0.213. The number of nitrogens with zero attached hydrogens (tertiary/aromatic N) is 1. The summed E-state index contributed by atoms with van der Waals surface area (Å²) in [7, 11) is 0. The summed E-state index contributed by atoms with van der Waals surface area (Å²) in [4.78, 5) is 15.6. The number of fused-ring (bicyclic) bond motifs is 6. The molecule has 6 heteroatoms. The molecule has 5 aromatic rings. The Hall–Kier alpha value is -4.74. The molecule has 1 N–H and O–H groups in total. The van der Waals surface area contributed by atoms with Crippen molar-refractivity contribution in [1.29, 1.82) is 0 Å². The minimum atomic E-state index is -1.16. The van der Waals surface area contributed by atoms with Gasteiger partial charge in [-0.15, -0.1) is 0 Å². The number of benzene rings is 5. The third-order valence-corrected chi connectivity index (χ3v) is 8.35. The Morgan fingerprint density at radius 2 is 1.55 bits per heavy atom. The first kappa shape index (κ1) is 26.2. The highest BCUT2D eigenvalue weighted by atomic mass is 35.5. The normalized spacial score (nSPS) is 16.2. The molecule has 0 saturated heterocycles. The van der Waals surface area contributed by atoms with Crippen LogP contribution in [-0.4, -0.2) is 12.5 Å². The molecule has 0 amide bonds. The Labute approximate surface area is 250 Å². The van der Waals surface area contributed by atoms with Crippen LogP contribution in [-0.2, 0) is 10.3 Å². The molecule has 5 nitrogen and oxygen atoms in total. The number of hydrogen-bond donors (Lipinski definition) is 1. The molecule has 0 fully saturated rings. The number of carbonyl (C=O) groups excluding carboxylic acids is 1. The molecular formula is C36H29ClN2O3. The molecule has 0 bridgehead atoms. The van der Waals surface area contributed by atoms with E-state index in [1.807, 2.05) is 79.7 Å². The summed E-state index contributed by atoms with van der Waals surface area (Å²) in [5.74, 6) is 0.954. The highest BCUT2D eigenvalue weighted by molar-refractivity contribution is 6.30. The molecule has 0 saturated carbocycles. The van der Waals surface area contributed by atoms with Gasteiger partial charge in [0.15, 0.2) is 5.60 Å². The lowest BCUT2D eigenvalue weighted by atomic mass is 9.77. The van der Waals surface area contributed by atoms with E-state index in [1.54, 1.807) is 0 Å². The summed E-state index contributed by atoms with van der Waals surface area (Å²) in [5.41, 5.74) is 7.77. The molecule has 208 valence electrons. The zero-order valence-electron chi connectivity index (χ0n) is 23.6. The Balaban J connectivity index is 1.41. The fraction of sp³-hybridized carbons (Fsp3) is 0.139. The molecule has 1 atom stereocenters. The molecule has 7 rings (SSSR count). The van der Waals surface area contributed by atoms with Crippen molar-refractivity contribution in [2.45, 2.75) is 26.4 Å². The van der Waals surface area contributed by atoms with Crippen LogP contribution in [0.2, 0.25) is 5.02 Å². The van der Waals surface area contributed by atoms with Gasteiger partial charge in [0.05, 0.1) is 5.56 Å². The van der Waals surface area contributed by atoms with Gasteiger partial charge in [-0.1, -0.05) is 53.6 Å². The molecule has 0 radical (unpaired) electrons. The largest absolute Gasteiger partial charge is 0.456 e. The van der Waals surface area contributed by atoms with Gasteiger partial charge in [-0.3, -0.25) is 0 Å². The first-order valence-corrected chi connectivity index (χ1v) is 14.4. The van der Waals surface area contributed by atoms with Crippen LogP contribution in [0.25, 0.3) is 0 Å². The molecule has 1 unspecified atom stereocenters. The standard InChI is InChI=1S/C36H29ClN2O3/c1-4-39(26-14-12-22(2)13-15-26)27-16-17-30-34(20-27)41-33-18-23(3)32(38-25-9-7-8-24(37)19-25)21-31(33)36(30)29-11-6-5-10-28(29)35(40)42-36/h5-21,38H,4H2,1-3H3. The Morgan fingerprint density at radius 3 is 2.33 bits per heavy atom. The molecule has 1 spiro atoms. The third-order valence-electron chi connectivity index (χ3n) is 8.12. The number of hydrogen-bond acceptors (Lipinski definition) is 5. The smallest absolute Gasteiger partial charge is 0.340 e. The monoisotopic (exact) mass is 572 g/mol. The molecule has 2 aliphatic rings. The van der Waals surface area contributed by atoms with Gasteiger partial charge in [0.1, 0.15) is 11.5 Å². The van der Waals surface area contributed by atoms with Crippen molar-refractivity contribution in [3.63, 3.8) is 0 Å². The number of esters is 1. The number of nitrogens with one attached hydrogen (secondary N) is 1. The van der Waals surface area contributed by atoms with E-state index in [1.165, 1.54) is 5.56 Å². The summed E-state index contributed by atoms with van der Waals surface area (Å²) >= 11 is 6.26. The summed E-state index contributed by atoms with van der Waals surface area (Å²) in [5, 5.41) is 4.14. The summed E-state index contributed by atoms with van der Waals surface area (Å²) in [6.45, 7) is 7.02. The minimum Gasteiger partial charge on any atom is -0.456 e. The molecule has 2 aliphatic heterocycles. The van der Waals surface area contributed by atoms with Crippen LogP contribution < -0.4 is 15.0 Å². The van der Waals surface area contributed by atoms with E-state index in [2.05, 4.69) is 54.4 Å². The second-order valence-electron chi connectivity index (χ2n) is 10.8. The predicted octanol–water partition coefficient (Wildman–Crippen LogP) is 9.43. The van der Waals surface area contributed by atoms with Crippen LogP contribution in [0.15, 0.2) is 103 Å². The first-order chi connectivity index (χ1) is 20.4. The van der Waals surface area contributed by atoms with E-state index in [9.17, 15) is 4.79 Å². The molecule has 2 heterocycles. The summed E-state index contributed by atoms with van der Waals surface area (Å²) < 4.78 is 13.1. The number of aryl methyl sites for hydroxylation is 2. The van der Waals surface area contributed by atoms with Crippen molar-refractivity contribution in [2.24, 2.45) is 0 Å². The van der Waals surface area contributed by atoms with Crippen LogP contribution in [0.5, 0.6) is 11.5 Å². The van der Waals surface area contributed by atoms with Crippen molar-refractivity contribution in [1.82, 2.24) is 0 Å². The van der Waals surface area contributed by atoms with E-state index in [-0.39, 0.29) is 5.97 Å². The lowest BCUT2D eigenvalue weighted by molar-refractivity contribution is 0.0224. The SMILES string of the molecule is CCN(c1ccc(C)cc1)c1ccc2c(c1)Oc1cc(C)c(Nc3cccc(Cl)c3)cc1C21OC(=O)c2ccccc21. The van der Waals surface area contributed by atoms with Crippen molar-refractivity contribution in [2.75, 3.05) is 16.8 Å². The minimum absolute atomic E-state index is 0.353. The molecule has 42 heavy (non-hydrogen) atoms. The Morgan fingerprint density at radius 1 is 0.786 bits per heavy atom. The van der Waals surface area contributed by atoms with Crippen LogP contribution in [0.3, 0.4) is 0 Å². The highest BCUT2D eigenvalue weighted by Crippen LogP contribution is 2.57. The number of carbonyl (C=O) groups is 1. The van der Waals surface area contributed by atoms with Crippen molar-refractivity contribution >= 4 is 40.3 Å². The maximum absolute atomic E-state index is 13.4. The van der Waals surface area contributed by atoms with Crippen LogP contribution in [0.1, 0.15) is 45.1 Å².